The first kappa shape index (κ1) is 19.9. The largest absolute Gasteiger partial charge is 0.356 e. The van der Waals surface area contributed by atoms with E-state index in [1.165, 1.54) is 4.31 Å². The third-order valence-corrected chi connectivity index (χ3v) is 6.56. The predicted molar refractivity (Wildman–Crippen MR) is 101 cm³/mol. The first-order chi connectivity index (χ1) is 11.8. The molecule has 6 heteroatoms. The van der Waals surface area contributed by atoms with Crippen LogP contribution in [0.3, 0.4) is 0 Å². The molecule has 2 rings (SSSR count). The second-order valence-electron chi connectivity index (χ2n) is 7.39. The summed E-state index contributed by atoms with van der Waals surface area (Å²) >= 11 is 0. The van der Waals surface area contributed by atoms with Crippen LogP contribution in [-0.4, -0.2) is 38.3 Å². The minimum Gasteiger partial charge on any atom is -0.356 e. The van der Waals surface area contributed by atoms with Crippen molar-refractivity contribution in [3.8, 4) is 0 Å². The topological polar surface area (TPSA) is 66.5 Å². The lowest BCUT2D eigenvalue weighted by Gasteiger charge is -2.30. The Bertz CT molecular complexity index is 660. The minimum absolute atomic E-state index is 0.0263. The summed E-state index contributed by atoms with van der Waals surface area (Å²) in [5.74, 6) is 0.585. The van der Waals surface area contributed by atoms with E-state index in [9.17, 15) is 13.2 Å². The summed E-state index contributed by atoms with van der Waals surface area (Å²) in [6.45, 7) is 7.79. The van der Waals surface area contributed by atoms with Gasteiger partial charge in [-0.25, -0.2) is 12.7 Å². The maximum atomic E-state index is 12.6. The fraction of sp³-hybridized carbons (Fsp3) is 0.632. The van der Waals surface area contributed by atoms with E-state index < -0.39 is 10.0 Å². The zero-order valence-electron chi connectivity index (χ0n) is 15.5. The maximum Gasteiger partial charge on any atom is 0.223 e. The molecule has 1 heterocycles. The van der Waals surface area contributed by atoms with Crippen molar-refractivity contribution in [3.63, 3.8) is 0 Å². The molecule has 0 spiro atoms. The molecule has 0 radical (unpaired) electrons. The summed E-state index contributed by atoms with van der Waals surface area (Å²) in [4.78, 5) is 12.2. The third-order valence-electron chi connectivity index (χ3n) is 4.71. The van der Waals surface area contributed by atoms with Crippen molar-refractivity contribution in [3.05, 3.63) is 35.4 Å². The van der Waals surface area contributed by atoms with E-state index in [-0.39, 0.29) is 17.6 Å². The van der Waals surface area contributed by atoms with E-state index in [2.05, 4.69) is 19.2 Å². The number of carbonyl (C=O) groups excluding carboxylic acids is 1. The van der Waals surface area contributed by atoms with Gasteiger partial charge in [0.1, 0.15) is 0 Å². The molecule has 1 aromatic rings. The summed E-state index contributed by atoms with van der Waals surface area (Å²) in [5, 5.41) is 2.98. The Morgan fingerprint density at radius 2 is 1.80 bits per heavy atom. The molecule has 0 unspecified atom stereocenters. The number of nitrogens with one attached hydrogen (secondary N) is 1. The van der Waals surface area contributed by atoms with Crippen molar-refractivity contribution in [1.82, 2.24) is 9.62 Å². The van der Waals surface area contributed by atoms with Gasteiger partial charge in [0, 0.05) is 25.6 Å². The third kappa shape index (κ3) is 6.12. The van der Waals surface area contributed by atoms with Crippen LogP contribution in [0.15, 0.2) is 24.3 Å². The number of benzene rings is 1. The molecule has 1 amide bonds. The second-order valence-corrected chi connectivity index (χ2v) is 9.36. The van der Waals surface area contributed by atoms with Gasteiger partial charge in [-0.2, -0.15) is 0 Å². The first-order valence-corrected chi connectivity index (χ1v) is 10.7. The normalized spacial score (nSPS) is 17.0. The van der Waals surface area contributed by atoms with Gasteiger partial charge in [-0.15, -0.1) is 0 Å². The molecular formula is C19H30N2O3S. The zero-order chi connectivity index (χ0) is 18.4. The Kier molecular flexibility index (Phi) is 7.02. The van der Waals surface area contributed by atoms with Crippen LogP contribution < -0.4 is 5.32 Å². The molecular weight excluding hydrogens is 336 g/mol. The van der Waals surface area contributed by atoms with Gasteiger partial charge in [-0.3, -0.25) is 4.79 Å². The quantitative estimate of drug-likeness (QED) is 0.807. The van der Waals surface area contributed by atoms with Crippen LogP contribution >= 0.6 is 0 Å². The molecule has 25 heavy (non-hydrogen) atoms. The molecule has 0 bridgehead atoms. The number of nitrogens with zero attached hydrogens (tertiary/aromatic N) is 1. The summed E-state index contributed by atoms with van der Waals surface area (Å²) in [5.41, 5.74) is 1.92. The van der Waals surface area contributed by atoms with Gasteiger partial charge in [0.05, 0.1) is 5.75 Å². The SMILES string of the molecule is Cc1ccc(CS(=O)(=O)N2CCC(C(=O)NCCC(C)C)CC2)cc1. The van der Waals surface area contributed by atoms with E-state index >= 15 is 0 Å². The average Bonchev–Trinajstić information content (AvgIpc) is 2.56. The predicted octanol–water partition coefficient (Wildman–Crippen LogP) is 2.70. The molecule has 0 saturated carbocycles. The van der Waals surface area contributed by atoms with Crippen LogP contribution in [0.4, 0.5) is 0 Å². The lowest BCUT2D eigenvalue weighted by Crippen LogP contribution is -2.43. The van der Waals surface area contributed by atoms with Gasteiger partial charge >= 0.3 is 0 Å². The van der Waals surface area contributed by atoms with Gasteiger partial charge < -0.3 is 5.32 Å². The number of hydrogen-bond acceptors (Lipinski definition) is 3. The Balaban J connectivity index is 1.84. The van der Waals surface area contributed by atoms with Crippen molar-refractivity contribution in [1.29, 1.82) is 0 Å². The molecule has 1 saturated heterocycles. The fourth-order valence-corrected chi connectivity index (χ4v) is 4.57. The van der Waals surface area contributed by atoms with Crippen molar-refractivity contribution in [2.45, 2.75) is 45.8 Å². The average molecular weight is 367 g/mol. The number of sulfonamides is 1. The molecule has 0 aliphatic carbocycles. The molecule has 1 fully saturated rings. The molecule has 0 atom stereocenters. The monoisotopic (exact) mass is 366 g/mol. The number of piperidine rings is 1. The van der Waals surface area contributed by atoms with Crippen molar-refractivity contribution >= 4 is 15.9 Å². The molecule has 1 aliphatic rings. The highest BCUT2D eigenvalue weighted by molar-refractivity contribution is 7.88. The van der Waals surface area contributed by atoms with Crippen LogP contribution in [0.25, 0.3) is 0 Å². The van der Waals surface area contributed by atoms with Gasteiger partial charge in [-0.05, 0) is 37.7 Å². The Morgan fingerprint density at radius 3 is 2.36 bits per heavy atom. The lowest BCUT2D eigenvalue weighted by atomic mass is 9.97. The molecule has 0 aromatic heterocycles. The summed E-state index contributed by atoms with van der Waals surface area (Å²) < 4.78 is 26.7. The van der Waals surface area contributed by atoms with Crippen LogP contribution in [0.2, 0.25) is 0 Å². The lowest BCUT2D eigenvalue weighted by molar-refractivity contribution is -0.126. The Labute approximate surface area is 151 Å². The van der Waals surface area contributed by atoms with Gasteiger partial charge in [0.15, 0.2) is 0 Å². The molecule has 1 aromatic carbocycles. The number of hydrogen-bond donors (Lipinski definition) is 1. The van der Waals surface area contributed by atoms with E-state index in [4.69, 9.17) is 0 Å². The molecule has 5 nitrogen and oxygen atoms in total. The second kappa shape index (κ2) is 8.81. The van der Waals surface area contributed by atoms with Crippen molar-refractivity contribution in [2.75, 3.05) is 19.6 Å². The number of aryl methyl sites for hydroxylation is 1. The summed E-state index contributed by atoms with van der Waals surface area (Å²) in [7, 11) is -3.32. The Morgan fingerprint density at radius 1 is 1.20 bits per heavy atom. The van der Waals surface area contributed by atoms with Crippen molar-refractivity contribution in [2.24, 2.45) is 11.8 Å². The highest BCUT2D eigenvalue weighted by atomic mass is 32.2. The summed E-state index contributed by atoms with van der Waals surface area (Å²) in [6, 6.07) is 7.58. The van der Waals surface area contributed by atoms with Crippen molar-refractivity contribution < 1.29 is 13.2 Å². The molecule has 140 valence electrons. The van der Waals surface area contributed by atoms with Crippen LogP contribution in [0.1, 0.15) is 44.2 Å². The Hall–Kier alpha value is -1.40. The van der Waals surface area contributed by atoms with E-state index in [1.54, 1.807) is 0 Å². The smallest absolute Gasteiger partial charge is 0.223 e. The number of carbonyl (C=O) groups is 1. The van der Waals surface area contributed by atoms with Gasteiger partial charge in [0.25, 0.3) is 0 Å². The van der Waals surface area contributed by atoms with Crippen LogP contribution in [-0.2, 0) is 20.6 Å². The van der Waals surface area contributed by atoms with Crippen LogP contribution in [0.5, 0.6) is 0 Å². The van der Waals surface area contributed by atoms with Gasteiger partial charge in [0.2, 0.25) is 15.9 Å². The highest BCUT2D eigenvalue weighted by Crippen LogP contribution is 2.22. The first-order valence-electron chi connectivity index (χ1n) is 9.09. The highest BCUT2D eigenvalue weighted by Gasteiger charge is 2.31. The zero-order valence-corrected chi connectivity index (χ0v) is 16.3. The maximum absolute atomic E-state index is 12.6. The summed E-state index contributed by atoms with van der Waals surface area (Å²) in [6.07, 6.45) is 2.16. The standard InChI is InChI=1S/C19H30N2O3S/c1-15(2)8-11-20-19(22)18-9-12-21(13-10-18)25(23,24)14-17-6-4-16(3)5-7-17/h4-7,15,18H,8-14H2,1-3H3,(H,20,22). The fourth-order valence-electron chi connectivity index (χ4n) is 3.01. The number of amides is 1. The molecule has 1 N–H and O–H groups in total. The minimum atomic E-state index is -3.32. The van der Waals surface area contributed by atoms with E-state index in [1.807, 2.05) is 31.2 Å². The van der Waals surface area contributed by atoms with Crippen LogP contribution in [0, 0.1) is 18.8 Å². The van der Waals surface area contributed by atoms with E-state index in [0.29, 0.717) is 38.4 Å². The number of rotatable bonds is 7. The van der Waals surface area contributed by atoms with Gasteiger partial charge in [-0.1, -0.05) is 43.7 Å². The van der Waals surface area contributed by atoms with E-state index in [0.717, 1.165) is 17.5 Å². The molecule has 1 aliphatic heterocycles.